The first-order valence-corrected chi connectivity index (χ1v) is 7.06. The number of H-pyrrole nitrogens is 1. The molecule has 104 valence electrons. The van der Waals surface area contributed by atoms with Gasteiger partial charge in [0.15, 0.2) is 5.16 Å². The Balaban J connectivity index is 1.99. The number of aryl methyl sites for hydroxylation is 1. The minimum Gasteiger partial charge on any atom is -0.478 e. The van der Waals surface area contributed by atoms with Crippen molar-refractivity contribution in [3.63, 3.8) is 0 Å². The Kier molecular flexibility index (Phi) is 3.13. The van der Waals surface area contributed by atoms with Crippen LogP contribution in [0.15, 0.2) is 33.0 Å². The number of benzene rings is 1. The standard InChI is InChI=1S/C13H13N3O3S/c1-7-2-5-10(9(6-7)11(17)18)20-13-15-14-12(19)16(13)8-3-4-8/h2,5-6,8H,3-4H2,1H3,(H,14,19)(H,17,18). The molecule has 0 spiro atoms. The van der Waals surface area contributed by atoms with Gasteiger partial charge in [0.25, 0.3) is 0 Å². The molecule has 0 amide bonds. The van der Waals surface area contributed by atoms with Crippen molar-refractivity contribution < 1.29 is 9.90 Å². The van der Waals surface area contributed by atoms with E-state index in [1.54, 1.807) is 16.7 Å². The molecule has 0 radical (unpaired) electrons. The number of rotatable bonds is 4. The highest BCUT2D eigenvalue weighted by Crippen LogP contribution is 2.38. The second-order valence-electron chi connectivity index (χ2n) is 4.82. The molecule has 0 atom stereocenters. The van der Waals surface area contributed by atoms with Gasteiger partial charge in [-0.2, -0.15) is 0 Å². The minimum absolute atomic E-state index is 0.197. The average Bonchev–Trinajstić information content (AvgIpc) is 3.17. The molecule has 1 heterocycles. The van der Waals surface area contributed by atoms with Gasteiger partial charge in [0.1, 0.15) is 0 Å². The van der Waals surface area contributed by atoms with Crippen molar-refractivity contribution >= 4 is 17.7 Å². The third-order valence-electron chi connectivity index (χ3n) is 3.15. The Hall–Kier alpha value is -2.02. The van der Waals surface area contributed by atoms with Gasteiger partial charge < -0.3 is 5.11 Å². The number of carboxylic acids is 1. The maximum absolute atomic E-state index is 11.7. The molecule has 1 fully saturated rings. The van der Waals surface area contributed by atoms with Crippen molar-refractivity contribution in [3.8, 4) is 0 Å². The van der Waals surface area contributed by atoms with Crippen molar-refractivity contribution in [2.24, 2.45) is 0 Å². The highest BCUT2D eigenvalue weighted by Gasteiger charge is 2.29. The zero-order chi connectivity index (χ0) is 14.3. The minimum atomic E-state index is -0.980. The monoisotopic (exact) mass is 291 g/mol. The van der Waals surface area contributed by atoms with E-state index in [0.29, 0.717) is 10.1 Å². The maximum atomic E-state index is 11.7. The van der Waals surface area contributed by atoms with Crippen LogP contribution in [0.4, 0.5) is 0 Å². The van der Waals surface area contributed by atoms with Crippen LogP contribution in [-0.4, -0.2) is 25.8 Å². The number of aromatic nitrogens is 3. The number of nitrogens with one attached hydrogen (secondary N) is 1. The second-order valence-corrected chi connectivity index (χ2v) is 5.83. The van der Waals surface area contributed by atoms with Crippen molar-refractivity contribution in [3.05, 3.63) is 39.8 Å². The maximum Gasteiger partial charge on any atom is 0.344 e. The van der Waals surface area contributed by atoms with Crippen LogP contribution in [0.25, 0.3) is 0 Å². The van der Waals surface area contributed by atoms with Gasteiger partial charge in [-0.1, -0.05) is 11.6 Å². The molecule has 0 unspecified atom stereocenters. The summed E-state index contributed by atoms with van der Waals surface area (Å²) in [7, 11) is 0. The molecule has 3 rings (SSSR count). The van der Waals surface area contributed by atoms with Crippen LogP contribution in [-0.2, 0) is 0 Å². The number of aromatic carboxylic acids is 1. The van der Waals surface area contributed by atoms with Crippen molar-refractivity contribution in [1.82, 2.24) is 14.8 Å². The molecule has 1 aromatic carbocycles. The van der Waals surface area contributed by atoms with Gasteiger partial charge in [0, 0.05) is 10.9 Å². The number of carbonyl (C=O) groups is 1. The summed E-state index contributed by atoms with van der Waals surface area (Å²) >= 11 is 1.21. The average molecular weight is 291 g/mol. The summed E-state index contributed by atoms with van der Waals surface area (Å²) in [5.41, 5.74) is 0.875. The summed E-state index contributed by atoms with van der Waals surface area (Å²) in [5, 5.41) is 16.2. The fraction of sp³-hybridized carbons (Fsp3) is 0.308. The molecule has 7 heteroatoms. The molecule has 1 aliphatic rings. The SMILES string of the molecule is Cc1ccc(Sc2n[nH]c(=O)n2C2CC2)c(C(=O)O)c1. The Bertz CT molecular complexity index is 731. The number of aromatic amines is 1. The van der Waals surface area contributed by atoms with Gasteiger partial charge in [-0.15, -0.1) is 5.10 Å². The lowest BCUT2D eigenvalue weighted by Crippen LogP contribution is -2.16. The number of carboxylic acid groups (broad SMARTS) is 1. The summed E-state index contributed by atoms with van der Waals surface area (Å²) < 4.78 is 1.61. The van der Waals surface area contributed by atoms with E-state index in [0.717, 1.165) is 18.4 Å². The third-order valence-corrected chi connectivity index (χ3v) is 4.20. The zero-order valence-corrected chi connectivity index (χ0v) is 11.6. The number of hydrogen-bond acceptors (Lipinski definition) is 4. The van der Waals surface area contributed by atoms with Crippen LogP contribution in [0.1, 0.15) is 34.8 Å². The van der Waals surface area contributed by atoms with Crippen molar-refractivity contribution in [2.75, 3.05) is 0 Å². The lowest BCUT2D eigenvalue weighted by atomic mass is 10.1. The largest absolute Gasteiger partial charge is 0.478 e. The molecule has 2 N–H and O–H groups in total. The van der Waals surface area contributed by atoms with Crippen LogP contribution in [0, 0.1) is 6.92 Å². The Morgan fingerprint density at radius 1 is 1.50 bits per heavy atom. The fourth-order valence-electron chi connectivity index (χ4n) is 2.02. The zero-order valence-electron chi connectivity index (χ0n) is 10.8. The summed E-state index contributed by atoms with van der Waals surface area (Å²) in [4.78, 5) is 23.6. The third kappa shape index (κ3) is 2.36. The lowest BCUT2D eigenvalue weighted by Gasteiger charge is -2.07. The summed E-state index contributed by atoms with van der Waals surface area (Å²) in [5.74, 6) is -0.980. The molecule has 0 bridgehead atoms. The highest BCUT2D eigenvalue weighted by molar-refractivity contribution is 7.99. The smallest absolute Gasteiger partial charge is 0.344 e. The van der Waals surface area contributed by atoms with Crippen LogP contribution in [0.3, 0.4) is 0 Å². The van der Waals surface area contributed by atoms with Gasteiger partial charge >= 0.3 is 11.7 Å². The second kappa shape index (κ2) is 4.82. The van der Waals surface area contributed by atoms with E-state index in [4.69, 9.17) is 0 Å². The van der Waals surface area contributed by atoms with E-state index in [1.807, 2.05) is 13.0 Å². The number of nitrogens with zero attached hydrogens (tertiary/aromatic N) is 2. The molecular formula is C13H13N3O3S. The van der Waals surface area contributed by atoms with Gasteiger partial charge in [0.2, 0.25) is 0 Å². The quantitative estimate of drug-likeness (QED) is 0.900. The normalized spacial score (nSPS) is 14.4. The lowest BCUT2D eigenvalue weighted by molar-refractivity contribution is 0.0693. The summed E-state index contributed by atoms with van der Waals surface area (Å²) in [6.07, 6.45) is 1.93. The molecule has 20 heavy (non-hydrogen) atoms. The Labute approximate surface area is 118 Å². The van der Waals surface area contributed by atoms with E-state index in [9.17, 15) is 14.7 Å². The molecule has 6 nitrogen and oxygen atoms in total. The first kappa shape index (κ1) is 13.0. The van der Waals surface area contributed by atoms with Gasteiger partial charge in [-0.25, -0.2) is 14.7 Å². The van der Waals surface area contributed by atoms with E-state index in [2.05, 4.69) is 10.2 Å². The molecule has 0 aliphatic heterocycles. The summed E-state index contributed by atoms with van der Waals surface area (Å²) in [6, 6.07) is 5.42. The van der Waals surface area contributed by atoms with Crippen LogP contribution < -0.4 is 5.69 Å². The highest BCUT2D eigenvalue weighted by atomic mass is 32.2. The molecule has 1 aliphatic carbocycles. The molecular weight excluding hydrogens is 278 g/mol. The van der Waals surface area contributed by atoms with Crippen molar-refractivity contribution in [1.29, 1.82) is 0 Å². The molecule has 2 aromatic rings. The first-order chi connectivity index (χ1) is 9.56. The fourth-order valence-corrected chi connectivity index (χ4v) is 3.03. The molecule has 0 saturated heterocycles. The van der Waals surface area contributed by atoms with Gasteiger partial charge in [0.05, 0.1) is 5.56 Å². The van der Waals surface area contributed by atoms with Gasteiger partial charge in [-0.05, 0) is 43.7 Å². The van der Waals surface area contributed by atoms with E-state index in [1.165, 1.54) is 11.8 Å². The van der Waals surface area contributed by atoms with Crippen LogP contribution in [0.2, 0.25) is 0 Å². The van der Waals surface area contributed by atoms with Crippen LogP contribution in [0.5, 0.6) is 0 Å². The van der Waals surface area contributed by atoms with Crippen LogP contribution >= 0.6 is 11.8 Å². The van der Waals surface area contributed by atoms with E-state index >= 15 is 0 Å². The predicted molar refractivity (Wildman–Crippen MR) is 73.4 cm³/mol. The predicted octanol–water partition coefficient (Wildman–Crippen LogP) is 2.06. The first-order valence-electron chi connectivity index (χ1n) is 6.25. The van der Waals surface area contributed by atoms with Gasteiger partial charge in [-0.3, -0.25) is 4.57 Å². The molecule has 1 aromatic heterocycles. The topological polar surface area (TPSA) is 88.0 Å². The Morgan fingerprint density at radius 3 is 2.90 bits per heavy atom. The van der Waals surface area contributed by atoms with Crippen molar-refractivity contribution in [2.45, 2.75) is 35.9 Å². The molecule has 1 saturated carbocycles. The van der Waals surface area contributed by atoms with E-state index < -0.39 is 5.97 Å². The Morgan fingerprint density at radius 2 is 2.25 bits per heavy atom. The van der Waals surface area contributed by atoms with E-state index in [-0.39, 0.29) is 17.3 Å². The summed E-state index contributed by atoms with van der Waals surface area (Å²) in [6.45, 7) is 1.84. The number of hydrogen-bond donors (Lipinski definition) is 2.